The Morgan fingerprint density at radius 1 is 1.47 bits per heavy atom. The molecule has 2 rings (SSSR count). The molecule has 1 fully saturated rings. The van der Waals surface area contributed by atoms with Crippen molar-refractivity contribution in [1.82, 2.24) is 5.16 Å². The van der Waals surface area contributed by atoms with Gasteiger partial charge in [-0.3, -0.25) is 9.59 Å². The molecular weight excluding hydrogens is 222 g/mol. The number of carbonyl (C=O) groups is 1. The quantitative estimate of drug-likeness (QED) is 0.816. The zero-order valence-corrected chi connectivity index (χ0v) is 9.90. The summed E-state index contributed by atoms with van der Waals surface area (Å²) >= 11 is 0. The molecule has 0 radical (unpaired) electrons. The summed E-state index contributed by atoms with van der Waals surface area (Å²) in [5.41, 5.74) is -0.315. The van der Waals surface area contributed by atoms with Crippen molar-refractivity contribution >= 4 is 5.97 Å². The third-order valence-electron chi connectivity index (χ3n) is 3.43. The topological polar surface area (TPSA) is 72.3 Å². The lowest BCUT2D eigenvalue weighted by Crippen LogP contribution is -2.24. The van der Waals surface area contributed by atoms with E-state index in [0.29, 0.717) is 5.76 Å². The van der Waals surface area contributed by atoms with Gasteiger partial charge in [0, 0.05) is 6.07 Å². The molecule has 1 aliphatic carbocycles. The van der Waals surface area contributed by atoms with E-state index in [2.05, 4.69) is 5.16 Å². The molecule has 1 heterocycles. The number of ether oxygens (including phenoxy) is 1. The number of nitrogens with one attached hydrogen (secondary N) is 1. The van der Waals surface area contributed by atoms with E-state index in [1.54, 1.807) is 0 Å². The Morgan fingerprint density at radius 2 is 2.18 bits per heavy atom. The van der Waals surface area contributed by atoms with E-state index in [1.807, 2.05) is 0 Å². The molecule has 17 heavy (non-hydrogen) atoms. The summed E-state index contributed by atoms with van der Waals surface area (Å²) in [5, 5.41) is 2.23. The van der Waals surface area contributed by atoms with E-state index in [4.69, 9.17) is 9.26 Å². The molecule has 0 amide bonds. The lowest BCUT2D eigenvalue weighted by Gasteiger charge is -2.26. The van der Waals surface area contributed by atoms with E-state index >= 15 is 0 Å². The molecule has 1 atom stereocenters. The molecule has 1 N–H and O–H groups in total. The van der Waals surface area contributed by atoms with Gasteiger partial charge in [-0.2, -0.15) is 5.16 Å². The van der Waals surface area contributed by atoms with Crippen LogP contribution < -0.4 is 5.56 Å². The van der Waals surface area contributed by atoms with Gasteiger partial charge in [0.2, 0.25) is 0 Å². The normalized spacial score (nSPS) is 18.9. The Hall–Kier alpha value is -1.52. The number of hydrogen-bond acceptors (Lipinski definition) is 4. The molecule has 0 aromatic carbocycles. The van der Waals surface area contributed by atoms with Gasteiger partial charge < -0.3 is 9.26 Å². The van der Waals surface area contributed by atoms with Crippen LogP contribution in [0.1, 0.15) is 43.8 Å². The highest BCUT2D eigenvalue weighted by molar-refractivity contribution is 5.77. The van der Waals surface area contributed by atoms with Crippen molar-refractivity contribution < 1.29 is 14.1 Å². The van der Waals surface area contributed by atoms with Crippen LogP contribution in [0.2, 0.25) is 0 Å². The van der Waals surface area contributed by atoms with Gasteiger partial charge >= 0.3 is 5.97 Å². The summed E-state index contributed by atoms with van der Waals surface area (Å²) < 4.78 is 9.88. The molecule has 0 spiro atoms. The molecular formula is C12H17NO4. The van der Waals surface area contributed by atoms with Crippen molar-refractivity contribution in [2.24, 2.45) is 5.92 Å². The number of aromatic nitrogens is 1. The maximum absolute atomic E-state index is 11.8. The van der Waals surface area contributed by atoms with Crippen molar-refractivity contribution in [2.75, 3.05) is 7.11 Å². The van der Waals surface area contributed by atoms with Gasteiger partial charge in [-0.25, -0.2) is 0 Å². The van der Waals surface area contributed by atoms with Crippen LogP contribution in [0.5, 0.6) is 0 Å². The minimum Gasteiger partial charge on any atom is -0.468 e. The van der Waals surface area contributed by atoms with E-state index in [1.165, 1.54) is 19.6 Å². The molecule has 0 bridgehead atoms. The van der Waals surface area contributed by atoms with Crippen LogP contribution in [-0.4, -0.2) is 18.2 Å². The van der Waals surface area contributed by atoms with Crippen LogP contribution in [0.15, 0.2) is 15.4 Å². The van der Waals surface area contributed by atoms with Crippen LogP contribution in [0.4, 0.5) is 0 Å². The van der Waals surface area contributed by atoms with E-state index in [-0.39, 0.29) is 17.4 Å². The fourth-order valence-corrected chi connectivity index (χ4v) is 2.59. The lowest BCUT2D eigenvalue weighted by molar-refractivity contribution is -0.144. The summed E-state index contributed by atoms with van der Waals surface area (Å²) in [7, 11) is 1.36. The molecule has 5 heteroatoms. The molecule has 0 aliphatic heterocycles. The lowest BCUT2D eigenvalue weighted by atomic mass is 9.79. The number of esters is 1. The predicted molar refractivity (Wildman–Crippen MR) is 60.7 cm³/mol. The molecule has 0 saturated heterocycles. The van der Waals surface area contributed by atoms with E-state index < -0.39 is 5.92 Å². The highest BCUT2D eigenvalue weighted by Crippen LogP contribution is 2.36. The third kappa shape index (κ3) is 2.60. The molecule has 1 saturated carbocycles. The maximum atomic E-state index is 11.8. The van der Waals surface area contributed by atoms with Gasteiger partial charge in [0.1, 0.15) is 5.92 Å². The first-order chi connectivity index (χ1) is 8.22. The SMILES string of the molecule is COC(=O)C(c1cc(=O)[nH]o1)C1CCCCC1. The van der Waals surface area contributed by atoms with Gasteiger partial charge in [-0.15, -0.1) is 0 Å². The number of hydrogen-bond donors (Lipinski definition) is 1. The first-order valence-corrected chi connectivity index (χ1v) is 5.98. The maximum Gasteiger partial charge on any atom is 0.316 e. The molecule has 1 unspecified atom stereocenters. The first-order valence-electron chi connectivity index (χ1n) is 5.98. The van der Waals surface area contributed by atoms with Gasteiger partial charge in [0.25, 0.3) is 5.56 Å². The van der Waals surface area contributed by atoms with E-state index in [0.717, 1.165) is 25.7 Å². The average molecular weight is 239 g/mol. The Kier molecular flexibility index (Phi) is 3.66. The Balaban J connectivity index is 2.23. The van der Waals surface area contributed by atoms with Gasteiger partial charge in [0.15, 0.2) is 5.76 Å². The fourth-order valence-electron chi connectivity index (χ4n) is 2.59. The average Bonchev–Trinajstić information content (AvgIpc) is 2.77. The second-order valence-electron chi connectivity index (χ2n) is 4.51. The Labute approximate surface area is 99.1 Å². The standard InChI is InChI=1S/C12H17NO4/c1-16-12(15)11(8-5-3-2-4-6-8)9-7-10(14)13-17-9/h7-8,11H,2-6H2,1H3,(H,13,14). The highest BCUT2D eigenvalue weighted by atomic mass is 16.5. The van der Waals surface area contributed by atoms with Crippen molar-refractivity contribution in [3.05, 3.63) is 22.2 Å². The Morgan fingerprint density at radius 3 is 2.71 bits per heavy atom. The highest BCUT2D eigenvalue weighted by Gasteiger charge is 2.34. The monoisotopic (exact) mass is 239 g/mol. The number of methoxy groups -OCH3 is 1. The van der Waals surface area contributed by atoms with Crippen LogP contribution in [0.3, 0.4) is 0 Å². The van der Waals surface area contributed by atoms with Crippen LogP contribution >= 0.6 is 0 Å². The largest absolute Gasteiger partial charge is 0.468 e. The number of rotatable bonds is 3. The molecule has 1 aromatic heterocycles. The predicted octanol–water partition coefficient (Wildman–Crippen LogP) is 1.80. The van der Waals surface area contributed by atoms with Crippen molar-refractivity contribution in [2.45, 2.75) is 38.0 Å². The van der Waals surface area contributed by atoms with Crippen LogP contribution in [-0.2, 0) is 9.53 Å². The zero-order chi connectivity index (χ0) is 12.3. The van der Waals surface area contributed by atoms with Crippen molar-refractivity contribution in [3.8, 4) is 0 Å². The van der Waals surface area contributed by atoms with Gasteiger partial charge in [-0.1, -0.05) is 19.3 Å². The number of H-pyrrole nitrogens is 1. The second-order valence-corrected chi connectivity index (χ2v) is 4.51. The number of aromatic amines is 1. The summed E-state index contributed by atoms with van der Waals surface area (Å²) in [4.78, 5) is 22.9. The Bertz CT molecular complexity index is 428. The fraction of sp³-hybridized carbons (Fsp3) is 0.667. The minimum absolute atomic E-state index is 0.218. The first kappa shape index (κ1) is 12.0. The molecule has 5 nitrogen and oxygen atoms in total. The molecule has 94 valence electrons. The van der Waals surface area contributed by atoms with Crippen molar-refractivity contribution in [1.29, 1.82) is 0 Å². The zero-order valence-electron chi connectivity index (χ0n) is 9.90. The van der Waals surface area contributed by atoms with Crippen LogP contribution in [0, 0.1) is 5.92 Å². The summed E-state index contributed by atoms with van der Waals surface area (Å²) in [6.45, 7) is 0. The van der Waals surface area contributed by atoms with E-state index in [9.17, 15) is 9.59 Å². The van der Waals surface area contributed by atoms with Gasteiger partial charge in [0.05, 0.1) is 7.11 Å². The van der Waals surface area contributed by atoms with Crippen molar-refractivity contribution in [3.63, 3.8) is 0 Å². The third-order valence-corrected chi connectivity index (χ3v) is 3.43. The number of carbonyl (C=O) groups excluding carboxylic acids is 1. The molecule has 1 aliphatic rings. The summed E-state index contributed by atoms with van der Waals surface area (Å²) in [6, 6.07) is 1.34. The smallest absolute Gasteiger partial charge is 0.316 e. The van der Waals surface area contributed by atoms with Crippen LogP contribution in [0.25, 0.3) is 0 Å². The second kappa shape index (κ2) is 5.21. The minimum atomic E-state index is -0.445. The summed E-state index contributed by atoms with van der Waals surface area (Å²) in [5.74, 6) is -0.150. The summed E-state index contributed by atoms with van der Waals surface area (Å²) in [6.07, 6.45) is 5.41. The van der Waals surface area contributed by atoms with Gasteiger partial charge in [-0.05, 0) is 18.8 Å². The molecule has 1 aromatic rings.